The van der Waals surface area contributed by atoms with Gasteiger partial charge < -0.3 is 10.6 Å². The second kappa shape index (κ2) is 10.8. The minimum atomic E-state index is -0.502. The summed E-state index contributed by atoms with van der Waals surface area (Å²) in [5.41, 5.74) is 3.51. The van der Waals surface area contributed by atoms with Gasteiger partial charge in [-0.1, -0.05) is 75.4 Å². The van der Waals surface area contributed by atoms with Crippen LogP contribution in [0.2, 0.25) is 0 Å². The highest BCUT2D eigenvalue weighted by Gasteiger charge is 2.20. The summed E-state index contributed by atoms with van der Waals surface area (Å²) in [5.74, 6) is 0.146. The first kappa shape index (κ1) is 21.8. The molecule has 1 amide bonds. The molecule has 0 bridgehead atoms. The minimum Gasteiger partial charge on any atom is -0.345 e. The molecule has 0 aromatic heterocycles. The van der Waals surface area contributed by atoms with Crippen molar-refractivity contribution in [1.82, 2.24) is 10.6 Å². The summed E-state index contributed by atoms with van der Waals surface area (Å²) in [6, 6.07) is 17.9. The number of Topliss-reactive ketones (excluding diaryl/α,β-unsaturated/α-hetero) is 1. The van der Waals surface area contributed by atoms with Crippen molar-refractivity contribution in [2.45, 2.75) is 52.6 Å². The molecule has 0 aliphatic carbocycles. The zero-order valence-electron chi connectivity index (χ0n) is 17.4. The van der Waals surface area contributed by atoms with Crippen molar-refractivity contribution in [3.8, 4) is 0 Å². The minimum absolute atomic E-state index is 0.0345. The van der Waals surface area contributed by atoms with Crippen molar-refractivity contribution in [3.05, 3.63) is 71.3 Å². The van der Waals surface area contributed by atoms with Crippen LogP contribution < -0.4 is 10.6 Å². The van der Waals surface area contributed by atoms with Crippen LogP contribution in [0.5, 0.6) is 0 Å². The Hall–Kier alpha value is -2.46. The van der Waals surface area contributed by atoms with Crippen LogP contribution in [0.3, 0.4) is 0 Å². The molecule has 0 aliphatic rings. The summed E-state index contributed by atoms with van der Waals surface area (Å²) in [6.45, 7) is 8.11. The quantitative estimate of drug-likeness (QED) is 0.658. The molecule has 4 nitrogen and oxygen atoms in total. The van der Waals surface area contributed by atoms with Crippen molar-refractivity contribution >= 4 is 11.7 Å². The first-order chi connectivity index (χ1) is 13.4. The molecule has 0 heterocycles. The Morgan fingerprint density at radius 3 is 2.11 bits per heavy atom. The smallest absolute Gasteiger partial charge is 0.234 e. The number of hydrogen-bond acceptors (Lipinski definition) is 3. The lowest BCUT2D eigenvalue weighted by atomic mass is 9.95. The van der Waals surface area contributed by atoms with E-state index in [-0.39, 0.29) is 24.3 Å². The molecule has 0 saturated carbocycles. The van der Waals surface area contributed by atoms with Gasteiger partial charge >= 0.3 is 0 Å². The van der Waals surface area contributed by atoms with Gasteiger partial charge in [0.15, 0.2) is 5.78 Å². The molecule has 0 aliphatic heterocycles. The molecule has 150 valence electrons. The number of rotatable bonds is 10. The number of carbonyl (C=O) groups excluding carboxylic acids is 2. The van der Waals surface area contributed by atoms with Crippen LogP contribution in [0.15, 0.2) is 54.6 Å². The van der Waals surface area contributed by atoms with Gasteiger partial charge in [0.05, 0.1) is 12.6 Å². The molecule has 28 heavy (non-hydrogen) atoms. The Labute approximate surface area is 168 Å². The standard InChI is InChI=1S/C24H32N2O2/c1-5-19-11-13-21(14-12-19)24(17(2)3)25-16-23(28)26-22(18(4)27)15-20-9-7-6-8-10-20/h6-14,17,22,24-25H,5,15-16H2,1-4H3,(H,26,28)/t22-,24+/m0/s1. The predicted octanol–water partition coefficient (Wildman–Crippen LogP) is 3.85. The van der Waals surface area contributed by atoms with Crippen LogP contribution in [-0.4, -0.2) is 24.3 Å². The Morgan fingerprint density at radius 2 is 1.57 bits per heavy atom. The van der Waals surface area contributed by atoms with Crippen LogP contribution in [-0.2, 0) is 22.4 Å². The number of nitrogens with one attached hydrogen (secondary N) is 2. The maximum absolute atomic E-state index is 12.5. The van der Waals surface area contributed by atoms with Gasteiger partial charge in [0, 0.05) is 6.04 Å². The van der Waals surface area contributed by atoms with E-state index in [9.17, 15) is 9.59 Å². The van der Waals surface area contributed by atoms with Gasteiger partial charge in [-0.2, -0.15) is 0 Å². The molecule has 2 atom stereocenters. The normalized spacial score (nSPS) is 13.2. The zero-order valence-corrected chi connectivity index (χ0v) is 17.4. The highest BCUT2D eigenvalue weighted by atomic mass is 16.2. The Morgan fingerprint density at radius 1 is 0.929 bits per heavy atom. The Kier molecular flexibility index (Phi) is 8.40. The summed E-state index contributed by atoms with van der Waals surface area (Å²) in [7, 11) is 0. The lowest BCUT2D eigenvalue weighted by Gasteiger charge is -2.24. The highest BCUT2D eigenvalue weighted by molar-refractivity contribution is 5.88. The third-order valence-electron chi connectivity index (χ3n) is 5.00. The zero-order chi connectivity index (χ0) is 20.5. The number of amides is 1. The third kappa shape index (κ3) is 6.61. The van der Waals surface area contributed by atoms with Gasteiger partial charge in [-0.3, -0.25) is 9.59 Å². The van der Waals surface area contributed by atoms with E-state index in [1.54, 1.807) is 0 Å². The Balaban J connectivity index is 1.96. The van der Waals surface area contributed by atoms with E-state index in [0.717, 1.165) is 12.0 Å². The van der Waals surface area contributed by atoms with Gasteiger partial charge in [-0.05, 0) is 42.4 Å². The predicted molar refractivity (Wildman–Crippen MR) is 114 cm³/mol. The van der Waals surface area contributed by atoms with E-state index >= 15 is 0 Å². The average molecular weight is 381 g/mol. The molecule has 4 heteroatoms. The molecule has 0 saturated heterocycles. The molecule has 2 N–H and O–H groups in total. The molecular weight excluding hydrogens is 348 g/mol. The van der Waals surface area contributed by atoms with Gasteiger partial charge in [-0.15, -0.1) is 0 Å². The fourth-order valence-corrected chi connectivity index (χ4v) is 3.29. The van der Waals surface area contributed by atoms with E-state index in [1.807, 2.05) is 30.3 Å². The van der Waals surface area contributed by atoms with E-state index in [2.05, 4.69) is 55.7 Å². The van der Waals surface area contributed by atoms with E-state index in [4.69, 9.17) is 0 Å². The number of benzene rings is 2. The third-order valence-corrected chi connectivity index (χ3v) is 5.00. The largest absolute Gasteiger partial charge is 0.345 e. The number of hydrogen-bond donors (Lipinski definition) is 2. The number of carbonyl (C=O) groups is 2. The summed E-state index contributed by atoms with van der Waals surface area (Å²) in [5, 5.41) is 6.24. The van der Waals surface area contributed by atoms with Crippen LogP contribution in [0.25, 0.3) is 0 Å². The highest BCUT2D eigenvalue weighted by Crippen LogP contribution is 2.22. The van der Waals surface area contributed by atoms with Crippen molar-refractivity contribution in [1.29, 1.82) is 0 Å². The SMILES string of the molecule is CCc1ccc([C@H](NCC(=O)N[C@@H](Cc2ccccc2)C(C)=O)C(C)C)cc1. The topological polar surface area (TPSA) is 58.2 Å². The van der Waals surface area contributed by atoms with Gasteiger partial charge in [0.1, 0.15) is 0 Å². The fraction of sp³-hybridized carbons (Fsp3) is 0.417. The fourth-order valence-electron chi connectivity index (χ4n) is 3.29. The first-order valence-corrected chi connectivity index (χ1v) is 10.1. The maximum atomic E-state index is 12.5. The van der Waals surface area contributed by atoms with E-state index in [1.165, 1.54) is 18.1 Å². The molecule has 0 radical (unpaired) electrons. The van der Waals surface area contributed by atoms with E-state index in [0.29, 0.717) is 12.3 Å². The van der Waals surface area contributed by atoms with Gasteiger partial charge in [-0.25, -0.2) is 0 Å². The van der Waals surface area contributed by atoms with Crippen molar-refractivity contribution in [3.63, 3.8) is 0 Å². The monoisotopic (exact) mass is 380 g/mol. The Bertz CT molecular complexity index is 754. The number of ketones is 1. The van der Waals surface area contributed by atoms with E-state index < -0.39 is 6.04 Å². The maximum Gasteiger partial charge on any atom is 0.234 e. The first-order valence-electron chi connectivity index (χ1n) is 10.1. The summed E-state index contributed by atoms with van der Waals surface area (Å²) < 4.78 is 0. The second-order valence-electron chi connectivity index (χ2n) is 7.62. The average Bonchev–Trinajstić information content (AvgIpc) is 2.68. The van der Waals surface area contributed by atoms with Crippen LogP contribution in [0, 0.1) is 5.92 Å². The molecule has 0 unspecified atom stereocenters. The molecule has 0 fully saturated rings. The second-order valence-corrected chi connectivity index (χ2v) is 7.62. The summed E-state index contributed by atoms with van der Waals surface area (Å²) >= 11 is 0. The molecular formula is C24H32N2O2. The summed E-state index contributed by atoms with van der Waals surface area (Å²) in [4.78, 5) is 24.5. The molecule has 0 spiro atoms. The molecule has 2 aromatic rings. The molecule has 2 rings (SSSR count). The molecule has 2 aromatic carbocycles. The van der Waals surface area contributed by atoms with Crippen molar-refractivity contribution in [2.24, 2.45) is 5.92 Å². The van der Waals surface area contributed by atoms with Crippen LogP contribution >= 0.6 is 0 Å². The lowest BCUT2D eigenvalue weighted by molar-refractivity contribution is -0.126. The van der Waals surface area contributed by atoms with Crippen LogP contribution in [0.1, 0.15) is 50.4 Å². The van der Waals surface area contributed by atoms with Crippen molar-refractivity contribution in [2.75, 3.05) is 6.54 Å². The van der Waals surface area contributed by atoms with Crippen molar-refractivity contribution < 1.29 is 9.59 Å². The van der Waals surface area contributed by atoms with Crippen LogP contribution in [0.4, 0.5) is 0 Å². The van der Waals surface area contributed by atoms with Gasteiger partial charge in [0.25, 0.3) is 0 Å². The summed E-state index contributed by atoms with van der Waals surface area (Å²) in [6.07, 6.45) is 1.52. The number of aryl methyl sites for hydroxylation is 1. The lowest BCUT2D eigenvalue weighted by Crippen LogP contribution is -2.45. The van der Waals surface area contributed by atoms with Gasteiger partial charge in [0.2, 0.25) is 5.91 Å².